The maximum absolute atomic E-state index is 3.34. The predicted molar refractivity (Wildman–Crippen MR) is 49.3 cm³/mol. The van der Waals surface area contributed by atoms with Crippen LogP contribution in [0.5, 0.6) is 0 Å². The van der Waals surface area contributed by atoms with E-state index in [0.29, 0.717) is 5.41 Å². The quantitative estimate of drug-likeness (QED) is 0.634. The molecule has 2 nitrogen and oxygen atoms in total. The van der Waals surface area contributed by atoms with E-state index in [9.17, 15) is 0 Å². The summed E-state index contributed by atoms with van der Waals surface area (Å²) in [5.41, 5.74) is 0.713. The van der Waals surface area contributed by atoms with E-state index in [4.69, 9.17) is 0 Å². The van der Waals surface area contributed by atoms with Gasteiger partial charge in [-0.15, -0.1) is 12.4 Å². The van der Waals surface area contributed by atoms with E-state index in [0.717, 1.165) is 6.04 Å². The van der Waals surface area contributed by atoms with E-state index < -0.39 is 0 Å². The Labute approximate surface area is 74.7 Å². The van der Waals surface area contributed by atoms with E-state index in [2.05, 4.69) is 24.1 Å². The van der Waals surface area contributed by atoms with Crippen LogP contribution in [-0.2, 0) is 0 Å². The number of hydrogen-bond donors (Lipinski definition) is 1. The van der Waals surface area contributed by atoms with Crippen LogP contribution in [0.2, 0.25) is 0 Å². The van der Waals surface area contributed by atoms with Crippen molar-refractivity contribution in [3.05, 3.63) is 0 Å². The first kappa shape index (κ1) is 9.30. The van der Waals surface area contributed by atoms with Crippen molar-refractivity contribution >= 4 is 12.4 Å². The summed E-state index contributed by atoms with van der Waals surface area (Å²) in [5, 5.41) is 3.34. The summed E-state index contributed by atoms with van der Waals surface area (Å²) >= 11 is 0. The van der Waals surface area contributed by atoms with Crippen molar-refractivity contribution in [3.63, 3.8) is 0 Å². The topological polar surface area (TPSA) is 15.3 Å². The smallest absolute Gasteiger partial charge is 0.0207 e. The largest absolute Gasteiger partial charge is 0.315 e. The molecule has 1 N–H and O–H groups in total. The van der Waals surface area contributed by atoms with Crippen molar-refractivity contribution in [2.75, 3.05) is 26.2 Å². The van der Waals surface area contributed by atoms with Gasteiger partial charge in [0.05, 0.1) is 0 Å². The first-order valence-electron chi connectivity index (χ1n) is 4.17. The van der Waals surface area contributed by atoms with E-state index in [1.807, 2.05) is 0 Å². The monoisotopic (exact) mass is 176 g/mol. The second-order valence-electron chi connectivity index (χ2n) is 4.10. The van der Waals surface area contributed by atoms with Gasteiger partial charge in [0.25, 0.3) is 0 Å². The van der Waals surface area contributed by atoms with Gasteiger partial charge in [0.2, 0.25) is 0 Å². The zero-order valence-corrected chi connectivity index (χ0v) is 8.08. The molecule has 0 aliphatic carbocycles. The van der Waals surface area contributed by atoms with Gasteiger partial charge in [0.1, 0.15) is 0 Å². The lowest BCUT2D eigenvalue weighted by molar-refractivity contribution is -0.0569. The van der Waals surface area contributed by atoms with Gasteiger partial charge in [-0.25, -0.2) is 0 Å². The normalized spacial score (nSPS) is 27.5. The fourth-order valence-corrected chi connectivity index (χ4v) is 1.88. The Morgan fingerprint density at radius 1 is 1.27 bits per heavy atom. The molecule has 66 valence electrons. The highest BCUT2D eigenvalue weighted by atomic mass is 35.5. The number of nitrogens with one attached hydrogen (secondary N) is 1. The van der Waals surface area contributed by atoms with Gasteiger partial charge >= 0.3 is 0 Å². The minimum Gasteiger partial charge on any atom is -0.315 e. The highest BCUT2D eigenvalue weighted by Gasteiger charge is 2.47. The van der Waals surface area contributed by atoms with Crippen LogP contribution < -0.4 is 5.32 Å². The summed E-state index contributed by atoms with van der Waals surface area (Å²) in [4.78, 5) is 2.54. The Morgan fingerprint density at radius 2 is 1.82 bits per heavy atom. The third-order valence-corrected chi connectivity index (χ3v) is 2.81. The van der Waals surface area contributed by atoms with Gasteiger partial charge in [-0.1, -0.05) is 0 Å². The molecule has 0 aromatic carbocycles. The Morgan fingerprint density at radius 3 is 2.09 bits per heavy atom. The van der Waals surface area contributed by atoms with E-state index in [1.165, 1.54) is 26.2 Å². The van der Waals surface area contributed by atoms with Gasteiger partial charge in [0.15, 0.2) is 0 Å². The minimum absolute atomic E-state index is 0. The van der Waals surface area contributed by atoms with Crippen molar-refractivity contribution < 1.29 is 0 Å². The van der Waals surface area contributed by atoms with Crippen molar-refractivity contribution in [1.82, 2.24) is 10.2 Å². The Balaban J connectivity index is 0.000000605. The fourth-order valence-electron chi connectivity index (χ4n) is 1.88. The lowest BCUT2D eigenvalue weighted by Gasteiger charge is -2.57. The molecule has 0 saturated carbocycles. The number of nitrogens with zero attached hydrogens (tertiary/aromatic N) is 1. The fraction of sp³-hybridized carbons (Fsp3) is 1.00. The van der Waals surface area contributed by atoms with Crippen LogP contribution in [0.1, 0.15) is 13.8 Å². The molecule has 2 rings (SSSR count). The molecule has 3 heteroatoms. The molecule has 0 unspecified atom stereocenters. The van der Waals surface area contributed by atoms with Crippen LogP contribution in [0.4, 0.5) is 0 Å². The molecule has 2 heterocycles. The zero-order chi connectivity index (χ0) is 7.19. The van der Waals surface area contributed by atoms with Gasteiger partial charge < -0.3 is 5.32 Å². The molecule has 2 aliphatic heterocycles. The van der Waals surface area contributed by atoms with Crippen LogP contribution in [-0.4, -0.2) is 37.1 Å². The van der Waals surface area contributed by atoms with Crippen LogP contribution in [0.15, 0.2) is 0 Å². The molecule has 0 atom stereocenters. The van der Waals surface area contributed by atoms with E-state index >= 15 is 0 Å². The number of rotatable bonds is 1. The number of halogens is 1. The van der Waals surface area contributed by atoms with Crippen molar-refractivity contribution in [2.45, 2.75) is 19.9 Å². The summed E-state index contributed by atoms with van der Waals surface area (Å²) in [5.74, 6) is 0. The highest BCUT2D eigenvalue weighted by molar-refractivity contribution is 5.85. The van der Waals surface area contributed by atoms with E-state index in [-0.39, 0.29) is 12.4 Å². The summed E-state index contributed by atoms with van der Waals surface area (Å²) in [6.07, 6.45) is 0. The number of likely N-dealkylation sites (tertiary alicyclic amines) is 1. The molecule has 0 amide bonds. The third-order valence-electron chi connectivity index (χ3n) is 2.81. The molecule has 0 radical (unpaired) electrons. The SMILES string of the molecule is CC(C)N1CC2(CNC2)C1.Cl. The Bertz CT molecular complexity index is 135. The average molecular weight is 177 g/mol. The second-order valence-corrected chi connectivity index (χ2v) is 4.10. The highest BCUT2D eigenvalue weighted by Crippen LogP contribution is 2.34. The second kappa shape index (κ2) is 2.92. The summed E-state index contributed by atoms with van der Waals surface area (Å²) in [7, 11) is 0. The van der Waals surface area contributed by atoms with Gasteiger partial charge in [0, 0.05) is 37.6 Å². The molecular weight excluding hydrogens is 160 g/mol. The number of hydrogen-bond acceptors (Lipinski definition) is 2. The molecule has 0 aromatic rings. The first-order chi connectivity index (χ1) is 4.72. The molecule has 0 bridgehead atoms. The molecule has 2 fully saturated rings. The molecule has 11 heavy (non-hydrogen) atoms. The molecule has 2 aliphatic rings. The standard InChI is InChI=1S/C8H16N2.ClH/c1-7(2)10-5-8(6-10)3-9-4-8;/h7,9H,3-6H2,1-2H3;1H. The molecule has 2 saturated heterocycles. The Hall–Kier alpha value is 0.210. The van der Waals surface area contributed by atoms with Crippen molar-refractivity contribution in [3.8, 4) is 0 Å². The maximum Gasteiger partial charge on any atom is 0.0207 e. The van der Waals surface area contributed by atoms with Crippen LogP contribution in [0.3, 0.4) is 0 Å². The summed E-state index contributed by atoms with van der Waals surface area (Å²) < 4.78 is 0. The lowest BCUT2D eigenvalue weighted by Crippen LogP contribution is -2.72. The van der Waals surface area contributed by atoms with E-state index in [1.54, 1.807) is 0 Å². The molecular formula is C8H17ClN2. The Kier molecular flexibility index (Phi) is 2.47. The van der Waals surface area contributed by atoms with Gasteiger partial charge in [-0.05, 0) is 13.8 Å². The maximum atomic E-state index is 3.34. The first-order valence-corrected chi connectivity index (χ1v) is 4.17. The van der Waals surface area contributed by atoms with Crippen LogP contribution in [0, 0.1) is 5.41 Å². The molecule has 0 aromatic heterocycles. The van der Waals surface area contributed by atoms with Gasteiger partial charge in [-0.2, -0.15) is 0 Å². The van der Waals surface area contributed by atoms with Gasteiger partial charge in [-0.3, -0.25) is 4.90 Å². The van der Waals surface area contributed by atoms with Crippen molar-refractivity contribution in [2.24, 2.45) is 5.41 Å². The summed E-state index contributed by atoms with van der Waals surface area (Å²) in [6, 6.07) is 0.756. The average Bonchev–Trinajstić information content (AvgIpc) is 1.54. The molecule has 1 spiro atoms. The predicted octanol–water partition coefficient (Wildman–Crippen LogP) is 0.722. The van der Waals surface area contributed by atoms with Crippen LogP contribution >= 0.6 is 12.4 Å². The van der Waals surface area contributed by atoms with Crippen LogP contribution in [0.25, 0.3) is 0 Å². The minimum atomic E-state index is 0. The lowest BCUT2D eigenvalue weighted by atomic mass is 9.74. The summed E-state index contributed by atoms with van der Waals surface area (Å²) in [6.45, 7) is 9.74. The zero-order valence-electron chi connectivity index (χ0n) is 7.26. The van der Waals surface area contributed by atoms with Crippen molar-refractivity contribution in [1.29, 1.82) is 0 Å². The third kappa shape index (κ3) is 1.40.